The average molecular weight is 270 g/mol. The first-order valence-electron chi connectivity index (χ1n) is 7.18. The summed E-state index contributed by atoms with van der Waals surface area (Å²) in [7, 11) is 1.99. The van der Waals surface area contributed by atoms with Crippen molar-refractivity contribution in [2.24, 2.45) is 5.92 Å². The van der Waals surface area contributed by atoms with E-state index in [-0.39, 0.29) is 5.92 Å². The van der Waals surface area contributed by atoms with Crippen molar-refractivity contribution in [3.8, 4) is 0 Å². The van der Waals surface area contributed by atoms with E-state index in [9.17, 15) is 9.90 Å². The van der Waals surface area contributed by atoms with E-state index >= 15 is 0 Å². The minimum absolute atomic E-state index is 0.0357. The van der Waals surface area contributed by atoms with Gasteiger partial charge in [-0.05, 0) is 36.0 Å². The number of carboxylic acids is 1. The molecular weight excluding hydrogens is 252 g/mol. The molecule has 4 nitrogen and oxygen atoms in total. The van der Waals surface area contributed by atoms with E-state index in [1.165, 1.54) is 16.7 Å². The number of fused-ring (bicyclic) bond motifs is 3. The van der Waals surface area contributed by atoms with Crippen LogP contribution >= 0.6 is 0 Å². The van der Waals surface area contributed by atoms with Gasteiger partial charge in [0.2, 0.25) is 0 Å². The predicted octanol–water partition coefficient (Wildman–Crippen LogP) is 1.79. The Morgan fingerprint density at radius 2 is 2.35 bits per heavy atom. The van der Waals surface area contributed by atoms with Crippen LogP contribution in [-0.4, -0.2) is 35.1 Å². The van der Waals surface area contributed by atoms with E-state index < -0.39 is 5.97 Å². The summed E-state index contributed by atoms with van der Waals surface area (Å²) in [4.78, 5) is 13.7. The molecule has 2 aliphatic carbocycles. The maximum Gasteiger partial charge on any atom is 0.333 e. The van der Waals surface area contributed by atoms with Crippen molar-refractivity contribution < 1.29 is 9.90 Å². The fourth-order valence-electron chi connectivity index (χ4n) is 4.01. The molecule has 0 aromatic heterocycles. The quantitative estimate of drug-likeness (QED) is 0.763. The second-order valence-corrected chi connectivity index (χ2v) is 6.10. The number of nitrogens with one attached hydrogen (secondary N) is 1. The molecule has 4 aliphatic rings. The van der Waals surface area contributed by atoms with Gasteiger partial charge in [0.05, 0.1) is 11.6 Å². The van der Waals surface area contributed by atoms with E-state index in [1.54, 1.807) is 0 Å². The maximum atomic E-state index is 11.6. The van der Waals surface area contributed by atoms with Gasteiger partial charge in [-0.1, -0.05) is 12.2 Å². The molecule has 4 heteroatoms. The number of rotatable bonds is 1. The monoisotopic (exact) mass is 270 g/mol. The Hall–Kier alpha value is -1.97. The third-order valence-corrected chi connectivity index (χ3v) is 5.01. The van der Waals surface area contributed by atoms with Crippen molar-refractivity contribution in [3.05, 3.63) is 46.8 Å². The third-order valence-electron chi connectivity index (χ3n) is 5.01. The molecule has 0 amide bonds. The van der Waals surface area contributed by atoms with Crippen molar-refractivity contribution in [2.45, 2.75) is 31.3 Å². The van der Waals surface area contributed by atoms with Gasteiger partial charge in [-0.2, -0.15) is 0 Å². The van der Waals surface area contributed by atoms with Gasteiger partial charge in [0.25, 0.3) is 0 Å². The van der Waals surface area contributed by atoms with Gasteiger partial charge in [0.1, 0.15) is 0 Å². The van der Waals surface area contributed by atoms with E-state index in [0.29, 0.717) is 17.7 Å². The summed E-state index contributed by atoms with van der Waals surface area (Å²) >= 11 is 0. The summed E-state index contributed by atoms with van der Waals surface area (Å²) in [5, 5.41) is 13.0. The first kappa shape index (κ1) is 11.8. The summed E-state index contributed by atoms with van der Waals surface area (Å²) in [5.74, 6) is -0.754. The van der Waals surface area contributed by atoms with Gasteiger partial charge in [0.15, 0.2) is 0 Å². The first-order valence-corrected chi connectivity index (χ1v) is 7.18. The summed E-state index contributed by atoms with van der Waals surface area (Å²) in [5.41, 5.74) is 4.49. The summed E-state index contributed by atoms with van der Waals surface area (Å²) in [6, 6.07) is 0.749. The Labute approximate surface area is 118 Å². The zero-order chi connectivity index (χ0) is 13.9. The number of carboxylic acid groups (broad SMARTS) is 1. The van der Waals surface area contributed by atoms with Crippen molar-refractivity contribution in [2.75, 3.05) is 7.05 Å². The summed E-state index contributed by atoms with van der Waals surface area (Å²) < 4.78 is 0. The topological polar surface area (TPSA) is 52.6 Å². The molecule has 0 fully saturated rings. The molecule has 1 unspecified atom stereocenters. The van der Waals surface area contributed by atoms with Gasteiger partial charge in [0, 0.05) is 31.4 Å². The Morgan fingerprint density at radius 1 is 1.50 bits per heavy atom. The summed E-state index contributed by atoms with van der Waals surface area (Å²) in [6.45, 7) is 0. The van der Waals surface area contributed by atoms with E-state index in [4.69, 9.17) is 0 Å². The number of aliphatic carboxylic acids is 1. The van der Waals surface area contributed by atoms with E-state index in [2.05, 4.69) is 28.6 Å². The zero-order valence-electron chi connectivity index (χ0n) is 11.5. The molecule has 2 N–H and O–H groups in total. The molecule has 20 heavy (non-hydrogen) atoms. The molecule has 0 saturated carbocycles. The molecule has 2 aliphatic heterocycles. The molecule has 0 aromatic carbocycles. The van der Waals surface area contributed by atoms with E-state index in [0.717, 1.165) is 19.3 Å². The van der Waals surface area contributed by atoms with Crippen LogP contribution in [0.1, 0.15) is 19.3 Å². The van der Waals surface area contributed by atoms with Crippen molar-refractivity contribution in [1.29, 1.82) is 0 Å². The second-order valence-electron chi connectivity index (χ2n) is 6.10. The van der Waals surface area contributed by atoms with Gasteiger partial charge in [-0.25, -0.2) is 4.79 Å². The number of hydrogen-bond donors (Lipinski definition) is 2. The third kappa shape index (κ3) is 1.51. The number of allylic oxidation sites excluding steroid dienone is 2. The Balaban J connectivity index is 1.89. The lowest BCUT2D eigenvalue weighted by Gasteiger charge is -2.35. The molecule has 4 rings (SSSR count). The van der Waals surface area contributed by atoms with Crippen molar-refractivity contribution in [3.63, 3.8) is 0 Å². The first-order chi connectivity index (χ1) is 9.65. The largest absolute Gasteiger partial charge is 0.478 e. The highest BCUT2D eigenvalue weighted by atomic mass is 16.4. The maximum absolute atomic E-state index is 11.6. The van der Waals surface area contributed by atoms with Gasteiger partial charge in [-0.3, -0.25) is 0 Å². The van der Waals surface area contributed by atoms with Crippen LogP contribution in [0.4, 0.5) is 0 Å². The number of nitrogens with zero attached hydrogens (tertiary/aromatic N) is 1. The Bertz CT molecular complexity index is 612. The normalized spacial score (nSPS) is 34.0. The molecule has 0 saturated heterocycles. The van der Waals surface area contributed by atoms with Crippen LogP contribution in [0.2, 0.25) is 0 Å². The fraction of sp³-hybridized carbons (Fsp3) is 0.438. The Morgan fingerprint density at radius 3 is 3.15 bits per heavy atom. The second kappa shape index (κ2) is 4.01. The predicted molar refractivity (Wildman–Crippen MR) is 75.8 cm³/mol. The van der Waals surface area contributed by atoms with Crippen molar-refractivity contribution >= 4 is 5.97 Å². The smallest absolute Gasteiger partial charge is 0.333 e. The fourth-order valence-corrected chi connectivity index (χ4v) is 4.01. The molecule has 2 bridgehead atoms. The summed E-state index contributed by atoms with van der Waals surface area (Å²) in [6.07, 6.45) is 11.2. The van der Waals surface area contributed by atoms with Crippen LogP contribution in [0.15, 0.2) is 46.8 Å². The molecule has 2 heterocycles. The highest BCUT2D eigenvalue weighted by Gasteiger charge is 2.41. The lowest BCUT2D eigenvalue weighted by molar-refractivity contribution is -0.133. The molecule has 3 atom stereocenters. The highest BCUT2D eigenvalue weighted by Crippen LogP contribution is 2.45. The van der Waals surface area contributed by atoms with Crippen LogP contribution in [0.25, 0.3) is 0 Å². The number of hydrogen-bond acceptors (Lipinski definition) is 3. The average Bonchev–Trinajstić information content (AvgIpc) is 2.77. The number of carbonyl (C=O) groups is 1. The molecular formula is C16H18N2O2. The van der Waals surface area contributed by atoms with Crippen LogP contribution < -0.4 is 5.32 Å². The molecule has 0 aromatic rings. The molecule has 0 spiro atoms. The Kier molecular flexibility index (Phi) is 2.37. The van der Waals surface area contributed by atoms with Crippen molar-refractivity contribution in [1.82, 2.24) is 10.2 Å². The van der Waals surface area contributed by atoms with E-state index in [1.807, 2.05) is 13.2 Å². The minimum Gasteiger partial charge on any atom is -0.478 e. The van der Waals surface area contributed by atoms with Crippen LogP contribution in [0, 0.1) is 5.92 Å². The minimum atomic E-state index is -0.790. The zero-order valence-corrected chi connectivity index (χ0v) is 11.5. The molecule has 104 valence electrons. The van der Waals surface area contributed by atoms with Crippen LogP contribution in [0.3, 0.4) is 0 Å². The van der Waals surface area contributed by atoms with Crippen LogP contribution in [0.5, 0.6) is 0 Å². The van der Waals surface area contributed by atoms with Gasteiger partial charge in [-0.15, -0.1) is 0 Å². The van der Waals surface area contributed by atoms with Gasteiger partial charge >= 0.3 is 5.97 Å². The lowest BCUT2D eigenvalue weighted by Crippen LogP contribution is -2.36. The highest BCUT2D eigenvalue weighted by molar-refractivity contribution is 5.88. The lowest BCUT2D eigenvalue weighted by atomic mass is 9.79. The standard InChI is InChI=1S/C16H18N2O2/c1-18-8-13(16(19)20)12-6-10(18)5-9-7-17-14-4-2-3-11(12)15(9)14/h2-3,7-8,10,12,14,17H,4-6H2,1H3,(H,19,20)/t10-,12-,14?/m0/s1. The SMILES string of the molecule is CN1C=C(C(=O)O)[C@H]2C[C@@H]1CC1=CNC3CC=CC2=C13. The molecule has 0 radical (unpaired) electrons. The van der Waals surface area contributed by atoms with Gasteiger partial charge < -0.3 is 15.3 Å². The van der Waals surface area contributed by atoms with Crippen LogP contribution in [-0.2, 0) is 4.79 Å².